The molecule has 0 bridgehead atoms. The third-order valence-corrected chi connectivity index (χ3v) is 1.72. The molecule has 5 nitrogen and oxygen atoms in total. The van der Waals surface area contributed by atoms with Gasteiger partial charge < -0.3 is 0 Å². The lowest BCUT2D eigenvalue weighted by molar-refractivity contribution is 1.31. The highest BCUT2D eigenvalue weighted by Crippen LogP contribution is 2.13. The van der Waals surface area contributed by atoms with E-state index in [4.69, 9.17) is 15.8 Å². The number of nitrogens with zero attached hydrogens (tertiary/aromatic N) is 4. The third-order valence-electron chi connectivity index (χ3n) is 1.72. The fraction of sp³-hybridized carbons (Fsp3) is 0.0909. The molecule has 0 spiro atoms. The van der Waals surface area contributed by atoms with Crippen LogP contribution in [0.5, 0.6) is 0 Å². The Morgan fingerprint density at radius 3 is 2.44 bits per heavy atom. The number of benzene rings is 1. The van der Waals surface area contributed by atoms with Gasteiger partial charge in [-0.3, -0.25) is 5.43 Å². The molecule has 0 aromatic heterocycles. The van der Waals surface area contributed by atoms with Crippen LogP contribution in [0.25, 0.3) is 0 Å². The summed E-state index contributed by atoms with van der Waals surface area (Å²) in [5.74, 6) is 0. The van der Waals surface area contributed by atoms with E-state index in [0.717, 1.165) is 5.56 Å². The molecule has 1 N–H and O–H groups in total. The molecule has 0 aliphatic heterocycles. The Morgan fingerprint density at radius 2 is 1.88 bits per heavy atom. The quantitative estimate of drug-likeness (QED) is 0.592. The van der Waals surface area contributed by atoms with E-state index < -0.39 is 0 Å². The van der Waals surface area contributed by atoms with Crippen molar-refractivity contribution in [2.45, 2.75) is 6.92 Å². The van der Waals surface area contributed by atoms with Crippen molar-refractivity contribution in [3.63, 3.8) is 0 Å². The van der Waals surface area contributed by atoms with Crippen LogP contribution in [0.1, 0.15) is 11.1 Å². The highest BCUT2D eigenvalue weighted by atomic mass is 15.3. The van der Waals surface area contributed by atoms with Crippen molar-refractivity contribution < 1.29 is 0 Å². The lowest BCUT2D eigenvalue weighted by Crippen LogP contribution is -1.97. The first kappa shape index (κ1) is 11.2. The number of hydrogen-bond donors (Lipinski definition) is 1. The number of nitriles is 3. The molecular weight excluding hydrogens is 202 g/mol. The van der Waals surface area contributed by atoms with Gasteiger partial charge in [-0.1, -0.05) is 0 Å². The summed E-state index contributed by atoms with van der Waals surface area (Å²) in [4.78, 5) is 0. The average Bonchev–Trinajstić information content (AvgIpc) is 2.29. The van der Waals surface area contributed by atoms with Gasteiger partial charge in [0.25, 0.3) is 0 Å². The zero-order valence-corrected chi connectivity index (χ0v) is 8.52. The van der Waals surface area contributed by atoms with Crippen molar-refractivity contribution in [3.8, 4) is 18.2 Å². The lowest BCUT2D eigenvalue weighted by atomic mass is 10.1. The summed E-state index contributed by atoms with van der Waals surface area (Å²) in [6.45, 7) is 1.84. The summed E-state index contributed by atoms with van der Waals surface area (Å²) in [7, 11) is 0. The van der Waals surface area contributed by atoms with Crippen LogP contribution in [0.15, 0.2) is 23.3 Å². The summed E-state index contributed by atoms with van der Waals surface area (Å²) in [6, 6.07) is 10.3. The number of nitrogens with one attached hydrogen (secondary N) is 1. The van der Waals surface area contributed by atoms with Crippen molar-refractivity contribution in [2.24, 2.45) is 5.10 Å². The van der Waals surface area contributed by atoms with E-state index in [1.165, 1.54) is 0 Å². The van der Waals surface area contributed by atoms with Crippen molar-refractivity contribution in [1.29, 1.82) is 15.8 Å². The topological polar surface area (TPSA) is 95.8 Å². The van der Waals surface area contributed by atoms with Crippen LogP contribution in [0.3, 0.4) is 0 Å². The molecule has 0 fully saturated rings. The molecule has 0 atom stereocenters. The summed E-state index contributed by atoms with van der Waals surface area (Å²) < 4.78 is 0. The summed E-state index contributed by atoms with van der Waals surface area (Å²) >= 11 is 0. The molecule has 0 heterocycles. The Bertz CT molecular complexity index is 535. The molecule has 0 amide bonds. The van der Waals surface area contributed by atoms with Gasteiger partial charge in [0, 0.05) is 0 Å². The maximum Gasteiger partial charge on any atom is 0.237 e. The number of rotatable bonds is 2. The van der Waals surface area contributed by atoms with Gasteiger partial charge in [0.2, 0.25) is 5.71 Å². The van der Waals surface area contributed by atoms with E-state index in [-0.39, 0.29) is 5.71 Å². The van der Waals surface area contributed by atoms with Crippen LogP contribution in [0.2, 0.25) is 0 Å². The second-order valence-corrected chi connectivity index (χ2v) is 3.00. The van der Waals surface area contributed by atoms with Gasteiger partial charge in [0.05, 0.1) is 17.3 Å². The number of anilines is 1. The van der Waals surface area contributed by atoms with E-state index in [2.05, 4.69) is 10.5 Å². The monoisotopic (exact) mass is 209 g/mol. The fourth-order valence-electron chi connectivity index (χ4n) is 1.11. The number of hydrogen-bond acceptors (Lipinski definition) is 5. The van der Waals surface area contributed by atoms with Crippen LogP contribution < -0.4 is 5.43 Å². The third kappa shape index (κ3) is 2.83. The maximum atomic E-state index is 8.74. The SMILES string of the molecule is Cc1cc(C#N)cc(NN=C(C#N)C#N)c1. The molecular formula is C11H7N5. The minimum Gasteiger partial charge on any atom is -0.276 e. The lowest BCUT2D eigenvalue weighted by Gasteiger charge is -2.01. The molecule has 76 valence electrons. The summed E-state index contributed by atoms with van der Waals surface area (Å²) in [6.07, 6.45) is 0. The molecule has 1 aromatic carbocycles. The molecule has 0 saturated heterocycles. The second kappa shape index (κ2) is 5.14. The standard InChI is InChI=1S/C11H7N5/c1-8-2-9(5-12)4-10(3-8)15-16-11(6-13)7-14/h2-4,15H,1H3. The molecule has 0 unspecified atom stereocenters. The van der Waals surface area contributed by atoms with Gasteiger partial charge in [0.15, 0.2) is 0 Å². The van der Waals surface area contributed by atoms with Gasteiger partial charge in [-0.2, -0.15) is 20.9 Å². The molecule has 1 rings (SSSR count). The number of aryl methyl sites for hydroxylation is 1. The predicted octanol–water partition coefficient (Wildman–Crippen LogP) is 1.68. The highest BCUT2D eigenvalue weighted by molar-refractivity contribution is 6.10. The average molecular weight is 209 g/mol. The zero-order valence-electron chi connectivity index (χ0n) is 8.52. The van der Waals surface area contributed by atoms with E-state index in [1.54, 1.807) is 30.3 Å². The number of hydrazone groups is 1. The van der Waals surface area contributed by atoms with Gasteiger partial charge in [-0.05, 0) is 30.7 Å². The highest BCUT2D eigenvalue weighted by Gasteiger charge is 1.98. The Hall–Kier alpha value is -2.84. The molecule has 0 aliphatic rings. The smallest absolute Gasteiger partial charge is 0.237 e. The molecule has 0 aliphatic carbocycles. The van der Waals surface area contributed by atoms with Crippen LogP contribution in [0, 0.1) is 40.9 Å². The van der Waals surface area contributed by atoms with E-state index in [9.17, 15) is 0 Å². The second-order valence-electron chi connectivity index (χ2n) is 3.00. The molecule has 5 heteroatoms. The molecule has 1 aromatic rings. The minimum atomic E-state index is -0.264. The Kier molecular flexibility index (Phi) is 3.61. The Balaban J connectivity index is 2.97. The van der Waals surface area contributed by atoms with E-state index >= 15 is 0 Å². The van der Waals surface area contributed by atoms with Crippen molar-refractivity contribution >= 4 is 11.4 Å². The van der Waals surface area contributed by atoms with Gasteiger partial charge >= 0.3 is 0 Å². The van der Waals surface area contributed by atoms with Crippen molar-refractivity contribution in [3.05, 3.63) is 29.3 Å². The normalized spacial score (nSPS) is 8.12. The summed E-state index contributed by atoms with van der Waals surface area (Å²) in [5, 5.41) is 29.2. The van der Waals surface area contributed by atoms with E-state index in [1.807, 2.05) is 13.0 Å². The van der Waals surface area contributed by atoms with Gasteiger partial charge in [-0.25, -0.2) is 0 Å². The van der Waals surface area contributed by atoms with Crippen molar-refractivity contribution in [2.75, 3.05) is 5.43 Å². The first-order chi connectivity index (χ1) is 7.69. The molecule has 0 radical (unpaired) electrons. The first-order valence-corrected chi connectivity index (χ1v) is 4.35. The first-order valence-electron chi connectivity index (χ1n) is 4.35. The fourth-order valence-corrected chi connectivity index (χ4v) is 1.11. The maximum absolute atomic E-state index is 8.74. The Morgan fingerprint density at radius 1 is 1.19 bits per heavy atom. The van der Waals surface area contributed by atoms with Gasteiger partial charge in [0.1, 0.15) is 12.1 Å². The van der Waals surface area contributed by atoms with Crippen molar-refractivity contribution in [1.82, 2.24) is 0 Å². The van der Waals surface area contributed by atoms with E-state index in [0.29, 0.717) is 11.3 Å². The molecule has 16 heavy (non-hydrogen) atoms. The summed E-state index contributed by atoms with van der Waals surface area (Å²) in [5.41, 5.74) is 4.25. The Labute approximate surface area is 92.8 Å². The van der Waals surface area contributed by atoms with Crippen LogP contribution in [-0.4, -0.2) is 5.71 Å². The predicted molar refractivity (Wildman–Crippen MR) is 58.2 cm³/mol. The largest absolute Gasteiger partial charge is 0.276 e. The van der Waals surface area contributed by atoms with Crippen LogP contribution >= 0.6 is 0 Å². The van der Waals surface area contributed by atoms with Crippen LogP contribution in [0.4, 0.5) is 5.69 Å². The minimum absolute atomic E-state index is 0.264. The van der Waals surface area contributed by atoms with Crippen LogP contribution in [-0.2, 0) is 0 Å². The molecule has 0 saturated carbocycles. The zero-order chi connectivity index (χ0) is 12.0. The van der Waals surface area contributed by atoms with Gasteiger partial charge in [-0.15, -0.1) is 0 Å².